The first kappa shape index (κ1) is 21.4. The first-order valence-electron chi connectivity index (χ1n) is 9.99. The molecule has 0 radical (unpaired) electrons. The van der Waals surface area contributed by atoms with E-state index in [2.05, 4.69) is 62.2 Å². The molecule has 1 amide bonds. The van der Waals surface area contributed by atoms with Crippen molar-refractivity contribution in [2.75, 3.05) is 18.0 Å². The molecule has 0 bridgehead atoms. The summed E-state index contributed by atoms with van der Waals surface area (Å²) in [5, 5.41) is 3.17. The van der Waals surface area contributed by atoms with E-state index in [0.29, 0.717) is 0 Å². The van der Waals surface area contributed by atoms with Crippen LogP contribution in [0.15, 0.2) is 29.6 Å². The lowest BCUT2D eigenvalue weighted by Crippen LogP contribution is -2.38. The highest BCUT2D eigenvalue weighted by atomic mass is 32.1. The van der Waals surface area contributed by atoms with Gasteiger partial charge in [-0.3, -0.25) is 4.79 Å². The normalized spacial score (nSPS) is 14.8. The number of piperidine rings is 1. The molecule has 1 fully saturated rings. The topological polar surface area (TPSA) is 59.2 Å². The van der Waals surface area contributed by atoms with Crippen molar-refractivity contribution < 1.29 is 4.79 Å². The number of anilines is 1. The lowest BCUT2D eigenvalue weighted by molar-refractivity contribution is -0.122. The highest BCUT2D eigenvalue weighted by Gasteiger charge is 2.24. The van der Waals surface area contributed by atoms with Crippen molar-refractivity contribution in [3.8, 4) is 11.3 Å². The molecule has 2 aromatic rings. The van der Waals surface area contributed by atoms with Crippen molar-refractivity contribution >= 4 is 22.4 Å². The van der Waals surface area contributed by atoms with Crippen LogP contribution in [0.5, 0.6) is 0 Å². The molecule has 5 heteroatoms. The molecule has 1 aromatic carbocycles. The molecule has 0 unspecified atom stereocenters. The Morgan fingerprint density at radius 2 is 1.96 bits per heavy atom. The molecule has 0 spiro atoms. The van der Waals surface area contributed by atoms with Crippen LogP contribution in [-0.2, 0) is 11.2 Å². The van der Waals surface area contributed by atoms with Crippen LogP contribution in [0.2, 0.25) is 0 Å². The van der Waals surface area contributed by atoms with Gasteiger partial charge in [0.25, 0.3) is 0 Å². The summed E-state index contributed by atoms with van der Waals surface area (Å²) in [6, 6.07) is 8.64. The third-order valence-corrected chi connectivity index (χ3v) is 5.32. The first-order valence-corrected chi connectivity index (χ1v) is 10.9. The Labute approximate surface area is 167 Å². The molecule has 3 rings (SSSR count). The monoisotopic (exact) mass is 387 g/mol. The second-order valence-electron chi connectivity index (χ2n) is 7.86. The summed E-state index contributed by atoms with van der Waals surface area (Å²) in [6.07, 6.45) is 3.92. The maximum Gasteiger partial charge on any atom is 0.220 e. The predicted octanol–water partition coefficient (Wildman–Crippen LogP) is 5.13. The van der Waals surface area contributed by atoms with Crippen molar-refractivity contribution in [1.29, 1.82) is 0 Å². The molecule has 1 saturated heterocycles. The third-order valence-electron chi connectivity index (χ3n) is 4.42. The van der Waals surface area contributed by atoms with E-state index in [-0.39, 0.29) is 11.8 Å². The minimum absolute atomic E-state index is 0.0245. The number of carbonyl (C=O) groups is 1. The number of nitrogens with zero attached hydrogens (tertiary/aromatic N) is 2. The highest BCUT2D eigenvalue weighted by Crippen LogP contribution is 2.30. The summed E-state index contributed by atoms with van der Waals surface area (Å²) in [5.74, 6) is 0.689. The van der Waals surface area contributed by atoms with E-state index in [1.807, 2.05) is 0 Å². The van der Waals surface area contributed by atoms with Gasteiger partial charge in [-0.2, -0.15) is 0 Å². The Morgan fingerprint density at radius 3 is 2.56 bits per heavy atom. The fraction of sp³-hybridized carbons (Fsp3) is 0.545. The van der Waals surface area contributed by atoms with Gasteiger partial charge in [0.1, 0.15) is 0 Å². The summed E-state index contributed by atoms with van der Waals surface area (Å²) >= 11 is 1.68. The largest absolute Gasteiger partial charge is 0.369 e. The Morgan fingerprint density at radius 1 is 1.30 bits per heavy atom. The van der Waals surface area contributed by atoms with Crippen LogP contribution in [0.25, 0.3) is 11.3 Å². The molecule has 0 saturated carbocycles. The van der Waals surface area contributed by atoms with Gasteiger partial charge in [0.15, 0.2) is 5.13 Å². The molecule has 1 aromatic heterocycles. The van der Waals surface area contributed by atoms with Crippen LogP contribution in [0.3, 0.4) is 0 Å². The predicted molar refractivity (Wildman–Crippen MR) is 116 cm³/mol. The van der Waals surface area contributed by atoms with Crippen molar-refractivity contribution in [1.82, 2.24) is 4.98 Å². The SMILES string of the molecule is CC(C)C.CCCc1cccc(-c2csc(N3CCC(C(N)=O)CC3)n2)c1. The van der Waals surface area contributed by atoms with E-state index in [1.54, 1.807) is 11.3 Å². The van der Waals surface area contributed by atoms with Gasteiger partial charge in [-0.25, -0.2) is 4.98 Å². The van der Waals surface area contributed by atoms with Crippen LogP contribution in [0, 0.1) is 11.8 Å². The van der Waals surface area contributed by atoms with Gasteiger partial charge in [0.2, 0.25) is 5.91 Å². The molecule has 148 valence electrons. The van der Waals surface area contributed by atoms with Gasteiger partial charge in [-0.05, 0) is 36.8 Å². The molecule has 4 nitrogen and oxygen atoms in total. The first-order chi connectivity index (χ1) is 12.9. The summed E-state index contributed by atoms with van der Waals surface area (Å²) < 4.78 is 0. The second-order valence-corrected chi connectivity index (χ2v) is 8.70. The molecule has 0 aliphatic carbocycles. The van der Waals surface area contributed by atoms with Gasteiger partial charge >= 0.3 is 0 Å². The minimum atomic E-state index is -0.169. The number of primary amides is 1. The summed E-state index contributed by atoms with van der Waals surface area (Å²) in [4.78, 5) is 18.3. The van der Waals surface area contributed by atoms with Crippen molar-refractivity contribution in [2.24, 2.45) is 17.6 Å². The Hall–Kier alpha value is -1.88. The van der Waals surface area contributed by atoms with Crippen LogP contribution in [-0.4, -0.2) is 24.0 Å². The van der Waals surface area contributed by atoms with E-state index in [4.69, 9.17) is 10.7 Å². The number of aryl methyl sites for hydroxylation is 1. The average Bonchev–Trinajstić information content (AvgIpc) is 3.12. The van der Waals surface area contributed by atoms with E-state index < -0.39 is 0 Å². The lowest BCUT2D eigenvalue weighted by atomic mass is 9.97. The van der Waals surface area contributed by atoms with Gasteiger partial charge in [0, 0.05) is 30.0 Å². The maximum atomic E-state index is 11.3. The fourth-order valence-electron chi connectivity index (χ4n) is 3.07. The van der Waals surface area contributed by atoms with Crippen LogP contribution in [0.4, 0.5) is 5.13 Å². The zero-order valence-corrected chi connectivity index (χ0v) is 17.9. The number of rotatable bonds is 5. The molecule has 2 N–H and O–H groups in total. The number of thiazole rings is 1. The van der Waals surface area contributed by atoms with Crippen LogP contribution >= 0.6 is 11.3 Å². The molecule has 27 heavy (non-hydrogen) atoms. The number of benzene rings is 1. The van der Waals surface area contributed by atoms with E-state index in [0.717, 1.165) is 55.5 Å². The van der Waals surface area contributed by atoms with E-state index in [9.17, 15) is 4.79 Å². The lowest BCUT2D eigenvalue weighted by Gasteiger charge is -2.30. The Bertz CT molecular complexity index is 715. The quantitative estimate of drug-likeness (QED) is 0.774. The molecule has 1 aliphatic rings. The average molecular weight is 388 g/mol. The van der Waals surface area contributed by atoms with Crippen LogP contribution in [0.1, 0.15) is 52.5 Å². The van der Waals surface area contributed by atoms with Crippen LogP contribution < -0.4 is 10.6 Å². The smallest absolute Gasteiger partial charge is 0.220 e. The van der Waals surface area contributed by atoms with Crippen molar-refractivity contribution in [2.45, 2.75) is 53.4 Å². The van der Waals surface area contributed by atoms with Gasteiger partial charge in [-0.15, -0.1) is 11.3 Å². The standard InChI is InChI=1S/C18H23N3OS.C4H10/c1-2-4-13-5-3-6-15(11-13)16-12-23-18(20-16)21-9-7-14(8-10-21)17(19)22;1-4(2)3/h3,5-6,11-12,14H,2,4,7-10H2,1H3,(H2,19,22);4H,1-3H3. The Kier molecular flexibility index (Phi) is 8.29. The number of carbonyl (C=O) groups excluding carboxylic acids is 1. The number of amides is 1. The zero-order chi connectivity index (χ0) is 19.8. The Balaban J connectivity index is 0.000000596. The summed E-state index contributed by atoms with van der Waals surface area (Å²) in [5.41, 5.74) is 8.99. The van der Waals surface area contributed by atoms with E-state index >= 15 is 0 Å². The third kappa shape index (κ3) is 6.65. The number of hydrogen-bond acceptors (Lipinski definition) is 4. The van der Waals surface area contributed by atoms with Crippen molar-refractivity contribution in [3.63, 3.8) is 0 Å². The van der Waals surface area contributed by atoms with Gasteiger partial charge in [-0.1, -0.05) is 52.3 Å². The molecular weight excluding hydrogens is 354 g/mol. The van der Waals surface area contributed by atoms with Gasteiger partial charge in [0.05, 0.1) is 5.69 Å². The number of hydrogen-bond donors (Lipinski definition) is 1. The number of aromatic nitrogens is 1. The number of nitrogens with two attached hydrogens (primary N) is 1. The summed E-state index contributed by atoms with van der Waals surface area (Å²) in [6.45, 7) is 10.4. The molecule has 2 heterocycles. The van der Waals surface area contributed by atoms with E-state index in [1.165, 1.54) is 11.1 Å². The zero-order valence-electron chi connectivity index (χ0n) is 17.1. The second kappa shape index (κ2) is 10.5. The molecule has 1 aliphatic heterocycles. The fourth-order valence-corrected chi connectivity index (χ4v) is 3.96. The van der Waals surface area contributed by atoms with Gasteiger partial charge < -0.3 is 10.6 Å². The molecule has 0 atom stereocenters. The summed E-state index contributed by atoms with van der Waals surface area (Å²) in [7, 11) is 0. The maximum absolute atomic E-state index is 11.3. The van der Waals surface area contributed by atoms with Crippen molar-refractivity contribution in [3.05, 3.63) is 35.2 Å². The minimum Gasteiger partial charge on any atom is -0.369 e. The molecular formula is C22H33N3OS. The highest BCUT2D eigenvalue weighted by molar-refractivity contribution is 7.14.